The van der Waals surface area contributed by atoms with E-state index in [1.807, 2.05) is 20.8 Å². The van der Waals surface area contributed by atoms with Crippen molar-refractivity contribution in [3.05, 3.63) is 27.7 Å². The third kappa shape index (κ3) is 3.89. The maximum absolute atomic E-state index is 11.9. The van der Waals surface area contributed by atoms with Crippen molar-refractivity contribution in [2.24, 2.45) is 0 Å². The predicted octanol–water partition coefficient (Wildman–Crippen LogP) is 4.47. The first-order valence-corrected chi connectivity index (χ1v) is 6.30. The van der Waals surface area contributed by atoms with Crippen LogP contribution in [0, 0.1) is 0 Å². The second kappa shape index (κ2) is 5.27. The van der Waals surface area contributed by atoms with E-state index in [-0.39, 0.29) is 0 Å². The highest BCUT2D eigenvalue weighted by atomic mass is 79.9. The Morgan fingerprint density at radius 1 is 1.41 bits per heavy atom. The van der Waals surface area contributed by atoms with Gasteiger partial charge in [-0.1, -0.05) is 17.7 Å². The molecule has 1 aromatic rings. The van der Waals surface area contributed by atoms with Crippen LogP contribution in [0.2, 0.25) is 5.02 Å². The summed E-state index contributed by atoms with van der Waals surface area (Å²) in [6.45, 7) is 5.48. The van der Waals surface area contributed by atoms with Crippen LogP contribution in [0.15, 0.2) is 22.7 Å². The van der Waals surface area contributed by atoms with Crippen molar-refractivity contribution in [3.63, 3.8) is 0 Å². The summed E-state index contributed by atoms with van der Waals surface area (Å²) in [4.78, 5) is 13.3. The molecule has 0 radical (unpaired) electrons. The first-order chi connectivity index (χ1) is 7.72. The molecule has 0 heterocycles. The molecule has 0 N–H and O–H groups in total. The van der Waals surface area contributed by atoms with Gasteiger partial charge in [0, 0.05) is 7.05 Å². The maximum Gasteiger partial charge on any atom is 0.414 e. The van der Waals surface area contributed by atoms with Gasteiger partial charge >= 0.3 is 6.09 Å². The molecular weight excluding hydrogens is 305 g/mol. The zero-order valence-electron chi connectivity index (χ0n) is 10.3. The molecule has 1 amide bonds. The van der Waals surface area contributed by atoms with Crippen molar-refractivity contribution in [1.29, 1.82) is 0 Å². The van der Waals surface area contributed by atoms with Crippen molar-refractivity contribution >= 4 is 39.3 Å². The molecule has 0 aliphatic carbocycles. The van der Waals surface area contributed by atoms with Crippen LogP contribution in [0.3, 0.4) is 0 Å². The number of hydrogen-bond donors (Lipinski definition) is 0. The van der Waals surface area contributed by atoms with Crippen LogP contribution >= 0.6 is 27.5 Å². The van der Waals surface area contributed by atoms with Crippen molar-refractivity contribution in [1.82, 2.24) is 0 Å². The van der Waals surface area contributed by atoms with Crippen LogP contribution < -0.4 is 4.90 Å². The van der Waals surface area contributed by atoms with Crippen LogP contribution in [0.4, 0.5) is 10.5 Å². The van der Waals surface area contributed by atoms with E-state index >= 15 is 0 Å². The van der Waals surface area contributed by atoms with Gasteiger partial charge in [-0.3, -0.25) is 4.90 Å². The fraction of sp³-hybridized carbons (Fsp3) is 0.417. The standard InChI is InChI=1S/C12H15BrClNO2/c1-12(2,3)17-11(16)15(4)9-7-5-6-8(14)10(9)13/h5-7H,1-4H3. The molecule has 0 fully saturated rings. The number of halogens is 2. The summed E-state index contributed by atoms with van der Waals surface area (Å²) in [6.07, 6.45) is -0.416. The van der Waals surface area contributed by atoms with Crippen LogP contribution in [0.25, 0.3) is 0 Å². The normalized spacial score (nSPS) is 11.2. The Labute approximate surface area is 115 Å². The average molecular weight is 321 g/mol. The van der Waals surface area contributed by atoms with Crippen LogP contribution in [0.1, 0.15) is 20.8 Å². The predicted molar refractivity (Wildman–Crippen MR) is 73.8 cm³/mol. The van der Waals surface area contributed by atoms with Crippen molar-refractivity contribution in [2.75, 3.05) is 11.9 Å². The molecule has 0 unspecified atom stereocenters. The quantitative estimate of drug-likeness (QED) is 0.764. The molecule has 0 aliphatic rings. The number of rotatable bonds is 1. The minimum atomic E-state index is -0.517. The first kappa shape index (κ1) is 14.3. The lowest BCUT2D eigenvalue weighted by Gasteiger charge is -2.25. The molecule has 3 nitrogen and oxygen atoms in total. The van der Waals surface area contributed by atoms with E-state index in [0.29, 0.717) is 15.2 Å². The topological polar surface area (TPSA) is 29.5 Å². The molecule has 0 saturated heterocycles. The minimum absolute atomic E-state index is 0.416. The molecule has 0 spiro atoms. The van der Waals surface area contributed by atoms with E-state index in [9.17, 15) is 4.79 Å². The summed E-state index contributed by atoms with van der Waals surface area (Å²) >= 11 is 9.32. The van der Waals surface area contributed by atoms with E-state index in [1.54, 1.807) is 25.2 Å². The van der Waals surface area contributed by atoms with E-state index in [4.69, 9.17) is 16.3 Å². The highest BCUT2D eigenvalue weighted by Gasteiger charge is 2.22. The lowest BCUT2D eigenvalue weighted by molar-refractivity contribution is 0.0589. The second-order valence-electron chi connectivity index (χ2n) is 4.61. The minimum Gasteiger partial charge on any atom is -0.443 e. The Hall–Kier alpha value is -0.740. The average Bonchev–Trinajstić information content (AvgIpc) is 2.18. The summed E-state index contributed by atoms with van der Waals surface area (Å²) in [5.41, 5.74) is 0.155. The van der Waals surface area contributed by atoms with Gasteiger partial charge in [0.1, 0.15) is 5.60 Å². The fourth-order valence-corrected chi connectivity index (χ4v) is 1.88. The molecule has 1 aromatic carbocycles. The molecule has 17 heavy (non-hydrogen) atoms. The Balaban J connectivity index is 2.93. The van der Waals surface area contributed by atoms with Gasteiger partial charge in [-0.05, 0) is 48.8 Å². The van der Waals surface area contributed by atoms with E-state index in [1.165, 1.54) is 4.90 Å². The van der Waals surface area contributed by atoms with Gasteiger partial charge in [0.25, 0.3) is 0 Å². The zero-order valence-corrected chi connectivity index (χ0v) is 12.6. The van der Waals surface area contributed by atoms with E-state index in [0.717, 1.165) is 0 Å². The highest BCUT2D eigenvalue weighted by molar-refractivity contribution is 9.10. The maximum atomic E-state index is 11.9. The number of anilines is 1. The largest absolute Gasteiger partial charge is 0.443 e. The Bertz CT molecular complexity index is 429. The van der Waals surface area contributed by atoms with Crippen LogP contribution in [0.5, 0.6) is 0 Å². The molecule has 0 aromatic heterocycles. The lowest BCUT2D eigenvalue weighted by atomic mass is 10.2. The fourth-order valence-electron chi connectivity index (χ4n) is 1.18. The summed E-state index contributed by atoms with van der Waals surface area (Å²) in [7, 11) is 1.64. The SMILES string of the molecule is CN(C(=O)OC(C)(C)C)c1cccc(Cl)c1Br. The summed E-state index contributed by atoms with van der Waals surface area (Å²) in [5, 5.41) is 0.554. The van der Waals surface area contributed by atoms with Gasteiger partial charge in [0.05, 0.1) is 15.2 Å². The smallest absolute Gasteiger partial charge is 0.414 e. The van der Waals surface area contributed by atoms with E-state index in [2.05, 4.69) is 15.9 Å². The summed E-state index contributed by atoms with van der Waals surface area (Å²) in [6, 6.07) is 5.32. The molecule has 0 bridgehead atoms. The third-order valence-corrected chi connectivity index (χ3v) is 3.34. The summed E-state index contributed by atoms with van der Waals surface area (Å²) in [5.74, 6) is 0. The number of benzene rings is 1. The Morgan fingerprint density at radius 3 is 2.53 bits per heavy atom. The molecule has 0 saturated carbocycles. The number of amides is 1. The van der Waals surface area contributed by atoms with Crippen LogP contribution in [-0.4, -0.2) is 18.7 Å². The Kier molecular flexibility index (Phi) is 4.44. The van der Waals surface area contributed by atoms with Gasteiger partial charge in [0.15, 0.2) is 0 Å². The molecule has 0 atom stereocenters. The first-order valence-electron chi connectivity index (χ1n) is 5.13. The van der Waals surface area contributed by atoms with Crippen LogP contribution in [-0.2, 0) is 4.74 Å². The third-order valence-electron chi connectivity index (χ3n) is 1.96. The summed E-state index contributed by atoms with van der Waals surface area (Å²) < 4.78 is 5.95. The highest BCUT2D eigenvalue weighted by Crippen LogP contribution is 2.32. The number of nitrogens with zero attached hydrogens (tertiary/aromatic N) is 1. The molecule has 5 heteroatoms. The monoisotopic (exact) mass is 319 g/mol. The number of ether oxygens (including phenoxy) is 1. The van der Waals surface area contributed by atoms with Crippen molar-refractivity contribution < 1.29 is 9.53 Å². The van der Waals surface area contributed by atoms with Gasteiger partial charge in [-0.15, -0.1) is 0 Å². The lowest BCUT2D eigenvalue weighted by Crippen LogP contribution is -2.34. The Morgan fingerprint density at radius 2 is 2.00 bits per heavy atom. The number of hydrogen-bond acceptors (Lipinski definition) is 2. The van der Waals surface area contributed by atoms with Gasteiger partial charge < -0.3 is 4.74 Å². The van der Waals surface area contributed by atoms with E-state index < -0.39 is 11.7 Å². The van der Waals surface area contributed by atoms with Crippen molar-refractivity contribution in [2.45, 2.75) is 26.4 Å². The number of carbonyl (C=O) groups is 1. The molecule has 94 valence electrons. The van der Waals surface area contributed by atoms with Gasteiger partial charge in [-0.2, -0.15) is 0 Å². The number of carbonyl (C=O) groups excluding carboxylic acids is 1. The van der Waals surface area contributed by atoms with Gasteiger partial charge in [-0.25, -0.2) is 4.79 Å². The molecular formula is C12H15BrClNO2. The zero-order chi connectivity index (χ0) is 13.2. The van der Waals surface area contributed by atoms with Gasteiger partial charge in [0.2, 0.25) is 0 Å². The molecule has 0 aliphatic heterocycles. The molecule has 1 rings (SSSR count). The van der Waals surface area contributed by atoms with Crippen molar-refractivity contribution in [3.8, 4) is 0 Å². The second-order valence-corrected chi connectivity index (χ2v) is 5.81.